The summed E-state index contributed by atoms with van der Waals surface area (Å²) >= 11 is 5.86. The van der Waals surface area contributed by atoms with Crippen molar-refractivity contribution in [3.8, 4) is 0 Å². The highest BCUT2D eigenvalue weighted by Gasteiger charge is 2.36. The molecule has 86 valence electrons. The quantitative estimate of drug-likeness (QED) is 0.799. The van der Waals surface area contributed by atoms with Crippen LogP contribution in [0, 0.1) is 0 Å². The van der Waals surface area contributed by atoms with Gasteiger partial charge in [0.2, 0.25) is 0 Å². The summed E-state index contributed by atoms with van der Waals surface area (Å²) in [6, 6.07) is 8.04. The van der Waals surface area contributed by atoms with E-state index in [-0.39, 0.29) is 11.6 Å². The van der Waals surface area contributed by atoms with Crippen LogP contribution in [0.25, 0.3) is 0 Å². The molecule has 1 aliphatic heterocycles. The number of benzene rings is 1. The first kappa shape index (κ1) is 11.6. The molecule has 2 rings (SSSR count). The summed E-state index contributed by atoms with van der Waals surface area (Å²) in [4.78, 5) is 11.7. The number of nitrogens with two attached hydrogens (primary N) is 1. The van der Waals surface area contributed by atoms with Gasteiger partial charge in [0.1, 0.15) is 11.8 Å². The maximum Gasteiger partial charge on any atom is 0.145 e. The van der Waals surface area contributed by atoms with Crippen LogP contribution in [0.1, 0.15) is 38.3 Å². The molecular formula is C13H17ClNO+. The van der Waals surface area contributed by atoms with Crippen LogP contribution in [0.4, 0.5) is 0 Å². The van der Waals surface area contributed by atoms with Gasteiger partial charge in [-0.05, 0) is 26.0 Å². The number of hydrogen-bond acceptors (Lipinski definition) is 1. The maximum atomic E-state index is 11.7. The number of carbonyl (C=O) groups is 1. The minimum atomic E-state index is 0.0135. The van der Waals surface area contributed by atoms with Crippen LogP contribution in [-0.4, -0.2) is 11.3 Å². The van der Waals surface area contributed by atoms with E-state index in [1.165, 1.54) is 5.56 Å². The third-order valence-corrected chi connectivity index (χ3v) is 3.30. The first-order chi connectivity index (χ1) is 7.46. The highest BCUT2D eigenvalue weighted by molar-refractivity contribution is 6.30. The second kappa shape index (κ2) is 4.19. The van der Waals surface area contributed by atoms with Crippen LogP contribution >= 0.6 is 11.6 Å². The Morgan fingerprint density at radius 3 is 2.50 bits per heavy atom. The van der Waals surface area contributed by atoms with E-state index in [0.29, 0.717) is 18.6 Å². The fourth-order valence-corrected chi connectivity index (χ4v) is 2.54. The topological polar surface area (TPSA) is 33.7 Å². The monoisotopic (exact) mass is 238 g/mol. The van der Waals surface area contributed by atoms with Gasteiger partial charge in [0.25, 0.3) is 0 Å². The second-order valence-electron chi connectivity index (χ2n) is 5.23. The minimum absolute atomic E-state index is 0.0135. The van der Waals surface area contributed by atoms with Crippen LogP contribution < -0.4 is 5.32 Å². The Balaban J connectivity index is 2.21. The molecule has 0 spiro atoms. The maximum absolute atomic E-state index is 11.7. The average Bonchev–Trinajstić information content (AvgIpc) is 2.15. The Bertz CT molecular complexity index is 397. The Morgan fingerprint density at radius 2 is 1.94 bits per heavy atom. The Labute approximate surface area is 101 Å². The number of halogens is 1. The van der Waals surface area contributed by atoms with E-state index in [2.05, 4.69) is 19.2 Å². The van der Waals surface area contributed by atoms with Crippen molar-refractivity contribution in [1.29, 1.82) is 0 Å². The van der Waals surface area contributed by atoms with E-state index in [9.17, 15) is 4.79 Å². The van der Waals surface area contributed by atoms with Gasteiger partial charge in [0, 0.05) is 10.6 Å². The summed E-state index contributed by atoms with van der Waals surface area (Å²) in [6.45, 7) is 4.24. The zero-order chi connectivity index (χ0) is 11.8. The first-order valence-electron chi connectivity index (χ1n) is 5.59. The number of ketones is 1. The van der Waals surface area contributed by atoms with Gasteiger partial charge >= 0.3 is 0 Å². The molecule has 0 radical (unpaired) electrons. The van der Waals surface area contributed by atoms with E-state index in [1.54, 1.807) is 0 Å². The van der Waals surface area contributed by atoms with Crippen molar-refractivity contribution in [2.24, 2.45) is 0 Å². The lowest BCUT2D eigenvalue weighted by molar-refractivity contribution is -0.759. The van der Waals surface area contributed by atoms with Crippen LogP contribution in [0.15, 0.2) is 24.3 Å². The van der Waals surface area contributed by atoms with Gasteiger partial charge in [-0.3, -0.25) is 4.79 Å². The highest BCUT2D eigenvalue weighted by atomic mass is 35.5. The number of carbonyl (C=O) groups excluding carboxylic acids is 1. The third-order valence-electron chi connectivity index (χ3n) is 3.05. The lowest BCUT2D eigenvalue weighted by atomic mass is 9.86. The normalized spacial score (nSPS) is 24.4. The van der Waals surface area contributed by atoms with Gasteiger partial charge < -0.3 is 5.32 Å². The van der Waals surface area contributed by atoms with Gasteiger partial charge in [-0.15, -0.1) is 0 Å². The summed E-state index contributed by atoms with van der Waals surface area (Å²) in [5.74, 6) is 0.354. The summed E-state index contributed by atoms with van der Waals surface area (Å²) in [5, 5.41) is 3.03. The number of quaternary nitrogens is 1. The number of rotatable bonds is 1. The molecule has 0 unspecified atom stereocenters. The van der Waals surface area contributed by atoms with Crippen molar-refractivity contribution in [3.05, 3.63) is 34.9 Å². The van der Waals surface area contributed by atoms with Crippen LogP contribution in [0.5, 0.6) is 0 Å². The molecule has 1 atom stereocenters. The Hall–Kier alpha value is -0.860. The summed E-state index contributed by atoms with van der Waals surface area (Å²) in [5.41, 5.74) is 1.20. The second-order valence-corrected chi connectivity index (χ2v) is 5.67. The van der Waals surface area contributed by atoms with Crippen molar-refractivity contribution in [2.45, 2.75) is 38.3 Å². The van der Waals surface area contributed by atoms with Crippen LogP contribution in [-0.2, 0) is 4.79 Å². The smallest absolute Gasteiger partial charge is 0.145 e. The molecule has 0 aliphatic carbocycles. The molecule has 2 nitrogen and oxygen atoms in total. The molecule has 1 fully saturated rings. The molecule has 1 aromatic carbocycles. The van der Waals surface area contributed by atoms with Crippen molar-refractivity contribution >= 4 is 17.4 Å². The molecule has 1 saturated heterocycles. The number of piperidine rings is 1. The van der Waals surface area contributed by atoms with E-state index in [1.807, 2.05) is 24.3 Å². The predicted molar refractivity (Wildman–Crippen MR) is 64.4 cm³/mol. The molecule has 0 amide bonds. The largest absolute Gasteiger partial charge is 0.335 e. The van der Waals surface area contributed by atoms with Gasteiger partial charge in [-0.1, -0.05) is 23.7 Å². The summed E-state index contributed by atoms with van der Waals surface area (Å²) in [6.07, 6.45) is 1.29. The van der Waals surface area contributed by atoms with E-state index >= 15 is 0 Å². The fourth-order valence-electron chi connectivity index (χ4n) is 2.41. The van der Waals surface area contributed by atoms with E-state index in [0.717, 1.165) is 5.02 Å². The Kier molecular flexibility index (Phi) is 3.04. The molecule has 0 aromatic heterocycles. The first-order valence-corrected chi connectivity index (χ1v) is 5.97. The molecule has 0 bridgehead atoms. The van der Waals surface area contributed by atoms with Crippen molar-refractivity contribution in [1.82, 2.24) is 0 Å². The van der Waals surface area contributed by atoms with Gasteiger partial charge in [0.15, 0.2) is 0 Å². The number of Topliss-reactive ketones (excluding diaryl/α,β-unsaturated/α-hetero) is 1. The molecule has 1 aromatic rings. The van der Waals surface area contributed by atoms with Crippen molar-refractivity contribution in [3.63, 3.8) is 0 Å². The highest BCUT2D eigenvalue weighted by Crippen LogP contribution is 2.22. The van der Waals surface area contributed by atoms with Crippen molar-refractivity contribution < 1.29 is 10.1 Å². The minimum Gasteiger partial charge on any atom is -0.335 e. The standard InChI is InChI=1S/C13H16ClNO/c1-13(2)8-11(16)7-12(15-13)9-3-5-10(14)6-4-9/h3-6,12,15H,7-8H2,1-2H3/p+1/t12-/m1/s1. The Morgan fingerprint density at radius 1 is 1.31 bits per heavy atom. The van der Waals surface area contributed by atoms with E-state index in [4.69, 9.17) is 11.6 Å². The lowest BCUT2D eigenvalue weighted by Gasteiger charge is -2.32. The van der Waals surface area contributed by atoms with Gasteiger partial charge in [-0.25, -0.2) is 0 Å². The molecule has 0 saturated carbocycles. The van der Waals surface area contributed by atoms with Crippen molar-refractivity contribution in [2.75, 3.05) is 0 Å². The van der Waals surface area contributed by atoms with E-state index < -0.39 is 0 Å². The average molecular weight is 239 g/mol. The zero-order valence-corrected chi connectivity index (χ0v) is 10.4. The molecule has 1 heterocycles. The van der Waals surface area contributed by atoms with Crippen LogP contribution in [0.3, 0.4) is 0 Å². The predicted octanol–water partition coefficient (Wildman–Crippen LogP) is 2.09. The van der Waals surface area contributed by atoms with Crippen LogP contribution in [0.2, 0.25) is 5.02 Å². The van der Waals surface area contributed by atoms with Gasteiger partial charge in [-0.2, -0.15) is 0 Å². The molecule has 2 N–H and O–H groups in total. The number of hydrogen-bond donors (Lipinski definition) is 1. The fraction of sp³-hybridized carbons (Fsp3) is 0.462. The molecule has 16 heavy (non-hydrogen) atoms. The molecular weight excluding hydrogens is 222 g/mol. The lowest BCUT2D eigenvalue weighted by Crippen LogP contribution is -2.97. The molecule has 3 heteroatoms. The SMILES string of the molecule is CC1(C)CC(=O)C[C@H](c2ccc(Cl)cc2)[NH2+]1. The zero-order valence-electron chi connectivity index (χ0n) is 9.66. The summed E-state index contributed by atoms with van der Waals surface area (Å²) in [7, 11) is 0. The summed E-state index contributed by atoms with van der Waals surface area (Å²) < 4.78 is 0. The molecule has 1 aliphatic rings. The third kappa shape index (κ3) is 2.63. The van der Waals surface area contributed by atoms with Gasteiger partial charge in [0.05, 0.1) is 18.4 Å².